The maximum Gasteiger partial charge on any atom is -0.0162 e. The highest BCUT2D eigenvalue weighted by Gasteiger charge is 2.19. The predicted octanol–water partition coefficient (Wildman–Crippen LogP) is 4.29. The zero-order valence-corrected chi connectivity index (χ0v) is 9.29. The minimum Gasteiger partial charge on any atom is -0.0625 e. The van der Waals surface area contributed by atoms with E-state index in [1.54, 1.807) is 5.56 Å². The minimum atomic E-state index is 0.840. The third kappa shape index (κ3) is 2.17. The van der Waals surface area contributed by atoms with Gasteiger partial charge in [-0.1, -0.05) is 49.6 Å². The van der Waals surface area contributed by atoms with Crippen LogP contribution >= 0.6 is 0 Å². The Labute approximate surface area is 87.3 Å². The molecule has 0 aromatic heterocycles. The normalized spacial score (nSPS) is 27.6. The lowest BCUT2D eigenvalue weighted by Gasteiger charge is -2.26. The molecule has 0 aliphatic heterocycles. The molecule has 1 aliphatic rings. The smallest absolute Gasteiger partial charge is 0.0162 e. The first kappa shape index (κ1) is 9.76. The summed E-state index contributed by atoms with van der Waals surface area (Å²) in [4.78, 5) is 0. The second kappa shape index (κ2) is 4.16. The van der Waals surface area contributed by atoms with Crippen molar-refractivity contribution >= 4 is 0 Å². The fraction of sp³-hybridized carbons (Fsp3) is 0.571. The molecule has 0 heteroatoms. The Hall–Kier alpha value is -0.780. The molecule has 0 radical (unpaired) electrons. The van der Waals surface area contributed by atoms with E-state index in [2.05, 4.69) is 38.1 Å². The van der Waals surface area contributed by atoms with E-state index in [1.165, 1.54) is 31.2 Å². The molecule has 0 N–H and O–H groups in total. The summed E-state index contributed by atoms with van der Waals surface area (Å²) in [5, 5.41) is 0. The van der Waals surface area contributed by atoms with E-state index < -0.39 is 0 Å². The van der Waals surface area contributed by atoms with Crippen LogP contribution < -0.4 is 0 Å². The van der Waals surface area contributed by atoms with Gasteiger partial charge in [-0.3, -0.25) is 0 Å². The van der Waals surface area contributed by atoms with Gasteiger partial charge in [0.25, 0.3) is 0 Å². The van der Waals surface area contributed by atoms with Gasteiger partial charge in [-0.15, -0.1) is 0 Å². The van der Waals surface area contributed by atoms with Crippen molar-refractivity contribution in [3.63, 3.8) is 0 Å². The van der Waals surface area contributed by atoms with Crippen LogP contribution in [-0.4, -0.2) is 0 Å². The maximum absolute atomic E-state index is 2.38. The molecule has 0 atom stereocenters. The van der Waals surface area contributed by atoms with Crippen molar-refractivity contribution in [1.82, 2.24) is 0 Å². The summed E-state index contributed by atoms with van der Waals surface area (Å²) in [7, 11) is 0. The van der Waals surface area contributed by atoms with Gasteiger partial charge < -0.3 is 0 Å². The quantitative estimate of drug-likeness (QED) is 0.616. The molecule has 76 valence electrons. The molecule has 2 rings (SSSR count). The van der Waals surface area contributed by atoms with Crippen LogP contribution in [0.3, 0.4) is 0 Å². The molecule has 0 spiro atoms. The van der Waals surface area contributed by atoms with Gasteiger partial charge in [0.2, 0.25) is 0 Å². The molecule has 0 amide bonds. The van der Waals surface area contributed by atoms with Crippen LogP contribution in [0, 0.1) is 12.8 Å². The topological polar surface area (TPSA) is 0 Å². The number of aryl methyl sites for hydroxylation is 1. The summed E-state index contributed by atoms with van der Waals surface area (Å²) in [6, 6.07) is 9.12. The largest absolute Gasteiger partial charge is 0.0625 e. The van der Waals surface area contributed by atoms with Crippen molar-refractivity contribution in [2.24, 2.45) is 5.92 Å². The first-order valence-electron chi connectivity index (χ1n) is 5.82. The summed E-state index contributed by atoms with van der Waals surface area (Å²) in [5.41, 5.74) is 2.93. The highest BCUT2D eigenvalue weighted by Crippen LogP contribution is 2.35. The van der Waals surface area contributed by atoms with Gasteiger partial charge in [0.05, 0.1) is 0 Å². The van der Waals surface area contributed by atoms with Crippen molar-refractivity contribution in [3.8, 4) is 0 Å². The van der Waals surface area contributed by atoms with Crippen molar-refractivity contribution in [2.75, 3.05) is 0 Å². The first-order chi connectivity index (χ1) is 6.75. The molecule has 1 fully saturated rings. The molecular weight excluding hydrogens is 168 g/mol. The van der Waals surface area contributed by atoms with Crippen LogP contribution in [0.15, 0.2) is 24.3 Å². The second-order valence-corrected chi connectivity index (χ2v) is 4.87. The Bertz CT molecular complexity index is 275. The van der Waals surface area contributed by atoms with Crippen LogP contribution in [0.25, 0.3) is 0 Å². The summed E-state index contributed by atoms with van der Waals surface area (Å²) >= 11 is 0. The molecule has 0 bridgehead atoms. The van der Waals surface area contributed by atoms with Gasteiger partial charge in [-0.25, -0.2) is 0 Å². The van der Waals surface area contributed by atoms with Crippen LogP contribution in [0.4, 0.5) is 0 Å². The van der Waals surface area contributed by atoms with Gasteiger partial charge in [-0.05, 0) is 37.2 Å². The van der Waals surface area contributed by atoms with Crippen LogP contribution in [0.2, 0.25) is 0 Å². The van der Waals surface area contributed by atoms with Crippen LogP contribution in [0.1, 0.15) is 49.7 Å². The van der Waals surface area contributed by atoms with E-state index in [9.17, 15) is 0 Å². The standard InChI is InChI=1S/C14H20/c1-11-3-7-13(8-4-11)14-9-5-12(2)6-10-14/h3-4,7-8,12,14H,5-6,9-10H2,1-2H3. The first-order valence-corrected chi connectivity index (χ1v) is 5.82. The fourth-order valence-electron chi connectivity index (χ4n) is 2.43. The van der Waals surface area contributed by atoms with E-state index in [1.807, 2.05) is 0 Å². The summed E-state index contributed by atoms with van der Waals surface area (Å²) < 4.78 is 0. The maximum atomic E-state index is 2.38. The summed E-state index contributed by atoms with van der Waals surface area (Å²) in [6.07, 6.45) is 5.62. The van der Waals surface area contributed by atoms with Gasteiger partial charge in [0, 0.05) is 0 Å². The Kier molecular flexibility index (Phi) is 2.90. The molecule has 1 aromatic rings. The Morgan fingerprint density at radius 3 is 2.07 bits per heavy atom. The van der Waals surface area contributed by atoms with E-state index >= 15 is 0 Å². The van der Waals surface area contributed by atoms with Gasteiger partial charge in [-0.2, -0.15) is 0 Å². The van der Waals surface area contributed by atoms with E-state index in [0.29, 0.717) is 0 Å². The SMILES string of the molecule is Cc1ccc(C2CCC(C)CC2)cc1. The van der Waals surface area contributed by atoms with E-state index in [-0.39, 0.29) is 0 Å². The lowest BCUT2D eigenvalue weighted by Crippen LogP contribution is -2.10. The van der Waals surface area contributed by atoms with Crippen LogP contribution in [-0.2, 0) is 0 Å². The van der Waals surface area contributed by atoms with Crippen molar-refractivity contribution < 1.29 is 0 Å². The number of benzene rings is 1. The number of hydrogen-bond acceptors (Lipinski definition) is 0. The minimum absolute atomic E-state index is 0.840. The lowest BCUT2D eigenvalue weighted by atomic mass is 9.79. The summed E-state index contributed by atoms with van der Waals surface area (Å²) in [5.74, 6) is 1.79. The van der Waals surface area contributed by atoms with E-state index in [4.69, 9.17) is 0 Å². The molecule has 0 unspecified atom stereocenters. The third-order valence-electron chi connectivity index (χ3n) is 3.56. The molecule has 0 nitrogen and oxygen atoms in total. The fourth-order valence-corrected chi connectivity index (χ4v) is 2.43. The van der Waals surface area contributed by atoms with Crippen molar-refractivity contribution in [2.45, 2.75) is 45.4 Å². The highest BCUT2D eigenvalue weighted by atomic mass is 14.2. The number of hydrogen-bond donors (Lipinski definition) is 0. The Balaban J connectivity index is 2.05. The number of rotatable bonds is 1. The molecule has 14 heavy (non-hydrogen) atoms. The van der Waals surface area contributed by atoms with Crippen LogP contribution in [0.5, 0.6) is 0 Å². The van der Waals surface area contributed by atoms with Gasteiger partial charge >= 0.3 is 0 Å². The zero-order valence-electron chi connectivity index (χ0n) is 9.29. The molecule has 1 aliphatic carbocycles. The molecule has 0 saturated heterocycles. The monoisotopic (exact) mass is 188 g/mol. The molecule has 0 heterocycles. The Morgan fingerprint density at radius 2 is 1.50 bits per heavy atom. The average Bonchev–Trinajstić information content (AvgIpc) is 2.21. The Morgan fingerprint density at radius 1 is 0.929 bits per heavy atom. The summed E-state index contributed by atoms with van der Waals surface area (Å²) in [6.45, 7) is 4.54. The van der Waals surface area contributed by atoms with E-state index in [0.717, 1.165) is 11.8 Å². The zero-order chi connectivity index (χ0) is 9.97. The van der Waals surface area contributed by atoms with Crippen molar-refractivity contribution in [3.05, 3.63) is 35.4 Å². The van der Waals surface area contributed by atoms with Crippen molar-refractivity contribution in [1.29, 1.82) is 0 Å². The average molecular weight is 188 g/mol. The van der Waals surface area contributed by atoms with Gasteiger partial charge in [0.1, 0.15) is 0 Å². The predicted molar refractivity (Wildman–Crippen MR) is 61.6 cm³/mol. The second-order valence-electron chi connectivity index (χ2n) is 4.87. The molecule has 1 aromatic carbocycles. The highest BCUT2D eigenvalue weighted by molar-refractivity contribution is 5.24. The lowest BCUT2D eigenvalue weighted by molar-refractivity contribution is 0.348. The molecular formula is C14H20. The molecule has 1 saturated carbocycles. The van der Waals surface area contributed by atoms with Gasteiger partial charge in [0.15, 0.2) is 0 Å². The third-order valence-corrected chi connectivity index (χ3v) is 3.56.